The summed E-state index contributed by atoms with van der Waals surface area (Å²) in [5.74, 6) is 3.00. The fourth-order valence-corrected chi connectivity index (χ4v) is 3.01. The van der Waals surface area contributed by atoms with Gasteiger partial charge in [-0.2, -0.15) is 0 Å². The van der Waals surface area contributed by atoms with E-state index in [0.717, 1.165) is 39.9 Å². The van der Waals surface area contributed by atoms with Crippen LogP contribution in [0.2, 0.25) is 0 Å². The van der Waals surface area contributed by atoms with Gasteiger partial charge >= 0.3 is 0 Å². The normalized spacial score (nSPS) is 13.5. The molecule has 6 heteroatoms. The predicted molar refractivity (Wildman–Crippen MR) is 97.5 cm³/mol. The molecule has 0 saturated carbocycles. The zero-order valence-corrected chi connectivity index (χ0v) is 13.8. The number of benzene rings is 1. The number of pyridine rings is 1. The van der Waals surface area contributed by atoms with Crippen molar-refractivity contribution in [3.05, 3.63) is 66.5 Å². The summed E-state index contributed by atoms with van der Waals surface area (Å²) in [6, 6.07) is 13.4. The van der Waals surface area contributed by atoms with Crippen LogP contribution in [0.3, 0.4) is 0 Å². The average molecular weight is 345 g/mol. The number of nitrogens with zero attached hydrogens (tertiary/aromatic N) is 3. The Balaban J connectivity index is 1.67. The van der Waals surface area contributed by atoms with E-state index in [2.05, 4.69) is 4.98 Å². The number of furan rings is 1. The van der Waals surface area contributed by atoms with Gasteiger partial charge in [-0.3, -0.25) is 4.57 Å². The summed E-state index contributed by atoms with van der Waals surface area (Å²) < 4.78 is 18.7. The average Bonchev–Trinajstić information content (AvgIpc) is 3.33. The fourth-order valence-electron chi connectivity index (χ4n) is 3.01. The predicted octanol–water partition coefficient (Wildman–Crippen LogP) is 3.96. The smallest absolute Gasteiger partial charge is 0.164 e. The molecule has 0 N–H and O–H groups in total. The first-order valence-corrected chi connectivity index (χ1v) is 8.33. The Morgan fingerprint density at radius 2 is 1.88 bits per heavy atom. The zero-order chi connectivity index (χ0) is 17.3. The number of fused-ring (bicyclic) bond motifs is 2. The molecule has 0 saturated heterocycles. The molecule has 4 aromatic rings. The second-order valence-corrected chi connectivity index (χ2v) is 5.83. The van der Waals surface area contributed by atoms with Gasteiger partial charge in [-0.25, -0.2) is 9.97 Å². The molecule has 6 nitrogen and oxygen atoms in total. The van der Waals surface area contributed by atoms with Gasteiger partial charge in [-0.05, 0) is 48.6 Å². The molecule has 26 heavy (non-hydrogen) atoms. The highest BCUT2D eigenvalue weighted by molar-refractivity contribution is 5.79. The molecular formula is C20H15N3O3. The van der Waals surface area contributed by atoms with Crippen LogP contribution in [-0.4, -0.2) is 27.7 Å². The largest absolute Gasteiger partial charge is 0.486 e. The van der Waals surface area contributed by atoms with E-state index in [1.165, 1.54) is 0 Å². The number of rotatable bonds is 3. The summed E-state index contributed by atoms with van der Waals surface area (Å²) in [4.78, 5) is 9.21. The maximum atomic E-state index is 5.72. The van der Waals surface area contributed by atoms with Crippen LogP contribution in [0.1, 0.15) is 11.6 Å². The van der Waals surface area contributed by atoms with Gasteiger partial charge in [0.25, 0.3) is 0 Å². The maximum absolute atomic E-state index is 5.72. The maximum Gasteiger partial charge on any atom is 0.164 e. The molecule has 0 spiro atoms. The van der Waals surface area contributed by atoms with E-state index in [9.17, 15) is 0 Å². The van der Waals surface area contributed by atoms with Crippen molar-refractivity contribution in [2.45, 2.75) is 0 Å². The molecule has 1 aromatic carbocycles. The van der Waals surface area contributed by atoms with Crippen LogP contribution >= 0.6 is 0 Å². The Kier molecular flexibility index (Phi) is 3.45. The monoisotopic (exact) mass is 345 g/mol. The lowest BCUT2D eigenvalue weighted by atomic mass is 10.2. The van der Waals surface area contributed by atoms with E-state index in [1.807, 2.05) is 59.2 Å². The van der Waals surface area contributed by atoms with Crippen LogP contribution < -0.4 is 9.47 Å². The van der Waals surface area contributed by atoms with Gasteiger partial charge in [0.05, 0.1) is 12.0 Å². The van der Waals surface area contributed by atoms with Crippen LogP contribution in [0.25, 0.3) is 29.0 Å². The molecule has 1 aliphatic heterocycles. The quantitative estimate of drug-likeness (QED) is 0.562. The van der Waals surface area contributed by atoms with E-state index in [-0.39, 0.29) is 0 Å². The lowest BCUT2D eigenvalue weighted by Crippen LogP contribution is -2.15. The highest BCUT2D eigenvalue weighted by Gasteiger charge is 2.16. The number of hydrogen-bond acceptors (Lipinski definition) is 5. The van der Waals surface area contributed by atoms with Crippen molar-refractivity contribution in [2.75, 3.05) is 13.2 Å². The molecule has 0 radical (unpaired) electrons. The molecule has 5 rings (SSSR count). The number of ether oxygens (including phenoxy) is 2. The summed E-state index contributed by atoms with van der Waals surface area (Å²) in [7, 11) is 0. The van der Waals surface area contributed by atoms with Gasteiger partial charge in [-0.15, -0.1) is 0 Å². The zero-order valence-electron chi connectivity index (χ0n) is 13.8. The third-order valence-electron chi connectivity index (χ3n) is 4.17. The Hall–Kier alpha value is -3.54. The van der Waals surface area contributed by atoms with Crippen molar-refractivity contribution in [3.8, 4) is 17.2 Å². The minimum absolute atomic E-state index is 0.546. The van der Waals surface area contributed by atoms with E-state index < -0.39 is 0 Å². The minimum atomic E-state index is 0.546. The van der Waals surface area contributed by atoms with Crippen LogP contribution in [0, 0.1) is 0 Å². The minimum Gasteiger partial charge on any atom is -0.486 e. The summed E-state index contributed by atoms with van der Waals surface area (Å²) in [6.45, 7) is 1.11. The van der Waals surface area contributed by atoms with Crippen molar-refractivity contribution in [3.63, 3.8) is 0 Å². The van der Waals surface area contributed by atoms with E-state index in [4.69, 9.17) is 18.9 Å². The van der Waals surface area contributed by atoms with E-state index in [0.29, 0.717) is 13.2 Å². The van der Waals surface area contributed by atoms with Crippen molar-refractivity contribution in [1.29, 1.82) is 0 Å². The second-order valence-electron chi connectivity index (χ2n) is 5.83. The standard InChI is InChI=1S/C20H15N3O3/c1-4-16-20(21-9-1)23(19(22-16)8-6-15-3-2-10-24-15)14-5-7-17-18(13-14)26-12-11-25-17/h1-10,13H,11-12H2. The van der Waals surface area contributed by atoms with Gasteiger partial charge in [0.1, 0.15) is 30.3 Å². The van der Waals surface area contributed by atoms with E-state index >= 15 is 0 Å². The van der Waals surface area contributed by atoms with Crippen LogP contribution in [0.5, 0.6) is 11.5 Å². The van der Waals surface area contributed by atoms with Gasteiger partial charge in [0.2, 0.25) is 0 Å². The Bertz CT molecular complexity index is 1100. The van der Waals surface area contributed by atoms with Crippen LogP contribution in [0.15, 0.2) is 59.3 Å². The van der Waals surface area contributed by atoms with Crippen molar-refractivity contribution in [1.82, 2.24) is 14.5 Å². The molecule has 0 atom stereocenters. The van der Waals surface area contributed by atoms with Gasteiger partial charge in [0.15, 0.2) is 17.1 Å². The topological polar surface area (TPSA) is 62.3 Å². The Labute approximate surface area is 149 Å². The first-order chi connectivity index (χ1) is 12.9. The molecular weight excluding hydrogens is 330 g/mol. The summed E-state index contributed by atoms with van der Waals surface area (Å²) >= 11 is 0. The highest BCUT2D eigenvalue weighted by Crippen LogP contribution is 2.33. The summed E-state index contributed by atoms with van der Waals surface area (Å²) in [5.41, 5.74) is 2.51. The molecule has 3 aromatic heterocycles. The lowest BCUT2D eigenvalue weighted by Gasteiger charge is -2.19. The van der Waals surface area contributed by atoms with Gasteiger partial charge in [-0.1, -0.05) is 0 Å². The highest BCUT2D eigenvalue weighted by atomic mass is 16.6. The molecule has 0 amide bonds. The number of hydrogen-bond donors (Lipinski definition) is 0. The van der Waals surface area contributed by atoms with Crippen molar-refractivity contribution in [2.24, 2.45) is 0 Å². The Morgan fingerprint density at radius 3 is 2.77 bits per heavy atom. The van der Waals surface area contributed by atoms with Crippen LogP contribution in [0.4, 0.5) is 0 Å². The van der Waals surface area contributed by atoms with Gasteiger partial charge < -0.3 is 13.9 Å². The molecule has 0 aliphatic carbocycles. The Morgan fingerprint density at radius 1 is 0.962 bits per heavy atom. The molecule has 1 aliphatic rings. The first-order valence-electron chi connectivity index (χ1n) is 8.33. The van der Waals surface area contributed by atoms with Crippen LogP contribution in [-0.2, 0) is 0 Å². The SMILES string of the molecule is C(=Cc1nc2cccnc2n1-c1ccc2c(c1)OCCO2)c1ccco1. The summed E-state index contributed by atoms with van der Waals surface area (Å²) in [6.07, 6.45) is 7.20. The molecule has 128 valence electrons. The second kappa shape index (κ2) is 6.07. The summed E-state index contributed by atoms with van der Waals surface area (Å²) in [5, 5.41) is 0. The number of imidazole rings is 1. The fraction of sp³-hybridized carbons (Fsp3) is 0.100. The van der Waals surface area contributed by atoms with E-state index in [1.54, 1.807) is 12.5 Å². The molecule has 0 bridgehead atoms. The molecule has 0 fully saturated rings. The van der Waals surface area contributed by atoms with Crippen molar-refractivity contribution < 1.29 is 13.9 Å². The van der Waals surface area contributed by atoms with Gasteiger partial charge in [0, 0.05) is 12.3 Å². The van der Waals surface area contributed by atoms with Crippen molar-refractivity contribution >= 4 is 23.3 Å². The lowest BCUT2D eigenvalue weighted by molar-refractivity contribution is 0.171. The third-order valence-corrected chi connectivity index (χ3v) is 4.17. The molecule has 0 unspecified atom stereocenters. The molecule has 4 heterocycles. The number of aromatic nitrogens is 3. The third kappa shape index (κ3) is 2.52. The first kappa shape index (κ1) is 14.8.